The minimum atomic E-state index is -0.515. The second-order valence-corrected chi connectivity index (χ2v) is 5.01. The lowest BCUT2D eigenvalue weighted by Gasteiger charge is -2.13. The summed E-state index contributed by atoms with van der Waals surface area (Å²) in [4.78, 5) is 12.8. The molecule has 0 bridgehead atoms. The summed E-state index contributed by atoms with van der Waals surface area (Å²) >= 11 is 1.52. The van der Waals surface area contributed by atoms with Crippen LogP contribution in [0, 0.1) is 13.8 Å². The molecule has 1 aromatic carbocycles. The molecule has 94 valence electrons. The molecular weight excluding hydrogens is 248 g/mol. The van der Waals surface area contributed by atoms with E-state index < -0.39 is 5.97 Å². The topological polar surface area (TPSA) is 46.5 Å². The second kappa shape index (κ2) is 4.82. The monoisotopic (exact) mass is 262 g/mol. The SMILES string of the molecule is COC(=O)c1c(-c2cccs2)cc(C)c(C)c1O. The number of carbonyl (C=O) groups is 1. The van der Waals surface area contributed by atoms with Gasteiger partial charge >= 0.3 is 5.97 Å². The van der Waals surface area contributed by atoms with Crippen molar-refractivity contribution in [2.24, 2.45) is 0 Å². The molecule has 2 aromatic rings. The lowest BCUT2D eigenvalue weighted by Crippen LogP contribution is -2.05. The number of phenolic OH excluding ortho intramolecular Hbond substituents is 1. The van der Waals surface area contributed by atoms with Gasteiger partial charge in [-0.15, -0.1) is 11.3 Å². The van der Waals surface area contributed by atoms with Crippen molar-refractivity contribution in [2.75, 3.05) is 7.11 Å². The van der Waals surface area contributed by atoms with Crippen molar-refractivity contribution in [3.63, 3.8) is 0 Å². The maximum atomic E-state index is 11.8. The molecule has 4 heteroatoms. The molecule has 0 radical (unpaired) electrons. The average molecular weight is 262 g/mol. The van der Waals surface area contributed by atoms with E-state index in [4.69, 9.17) is 4.74 Å². The van der Waals surface area contributed by atoms with Crippen LogP contribution >= 0.6 is 11.3 Å². The first kappa shape index (κ1) is 12.6. The molecule has 0 aliphatic rings. The van der Waals surface area contributed by atoms with Crippen LogP contribution in [0.1, 0.15) is 21.5 Å². The van der Waals surface area contributed by atoms with Gasteiger partial charge in [0.2, 0.25) is 0 Å². The molecule has 0 amide bonds. The van der Waals surface area contributed by atoms with Gasteiger partial charge in [-0.2, -0.15) is 0 Å². The minimum Gasteiger partial charge on any atom is -0.507 e. The predicted octanol–water partition coefficient (Wildman–Crippen LogP) is 3.52. The summed E-state index contributed by atoms with van der Waals surface area (Å²) in [5.74, 6) is -0.510. The summed E-state index contributed by atoms with van der Waals surface area (Å²) in [6.07, 6.45) is 0. The van der Waals surface area contributed by atoms with E-state index in [0.29, 0.717) is 5.56 Å². The van der Waals surface area contributed by atoms with Crippen LogP contribution in [0.5, 0.6) is 5.75 Å². The van der Waals surface area contributed by atoms with Gasteiger partial charge in [-0.3, -0.25) is 0 Å². The maximum Gasteiger partial charge on any atom is 0.342 e. The van der Waals surface area contributed by atoms with E-state index in [-0.39, 0.29) is 11.3 Å². The van der Waals surface area contributed by atoms with Gasteiger partial charge in [0, 0.05) is 10.4 Å². The van der Waals surface area contributed by atoms with Crippen LogP contribution in [0.4, 0.5) is 0 Å². The minimum absolute atomic E-state index is 0.00486. The second-order valence-electron chi connectivity index (χ2n) is 4.06. The largest absolute Gasteiger partial charge is 0.507 e. The number of ether oxygens (including phenoxy) is 1. The lowest BCUT2D eigenvalue weighted by atomic mass is 9.97. The molecule has 1 aromatic heterocycles. The van der Waals surface area contributed by atoms with E-state index in [9.17, 15) is 9.90 Å². The molecule has 0 fully saturated rings. The summed E-state index contributed by atoms with van der Waals surface area (Å²) in [7, 11) is 1.31. The molecule has 0 saturated carbocycles. The molecule has 3 nitrogen and oxygen atoms in total. The van der Waals surface area contributed by atoms with Crippen molar-refractivity contribution in [2.45, 2.75) is 13.8 Å². The number of aryl methyl sites for hydroxylation is 1. The number of thiophene rings is 1. The Balaban J connectivity index is 2.75. The highest BCUT2D eigenvalue weighted by Gasteiger charge is 2.21. The Labute approximate surface area is 110 Å². The molecule has 0 spiro atoms. The number of rotatable bonds is 2. The Hall–Kier alpha value is -1.81. The van der Waals surface area contributed by atoms with Gasteiger partial charge in [-0.1, -0.05) is 6.07 Å². The quantitative estimate of drug-likeness (QED) is 0.842. The summed E-state index contributed by atoms with van der Waals surface area (Å²) in [5, 5.41) is 12.1. The molecule has 2 rings (SSSR count). The number of carbonyl (C=O) groups excluding carboxylic acids is 1. The Kier molecular flexibility index (Phi) is 3.39. The predicted molar refractivity (Wildman–Crippen MR) is 72.2 cm³/mol. The first-order valence-corrected chi connectivity index (χ1v) is 6.39. The highest BCUT2D eigenvalue weighted by molar-refractivity contribution is 7.13. The van der Waals surface area contributed by atoms with Crippen molar-refractivity contribution in [1.82, 2.24) is 0 Å². The van der Waals surface area contributed by atoms with E-state index in [1.807, 2.05) is 30.5 Å². The third-order valence-electron chi connectivity index (χ3n) is 2.99. The van der Waals surface area contributed by atoms with E-state index >= 15 is 0 Å². The molecule has 0 atom stereocenters. The Morgan fingerprint density at radius 3 is 2.67 bits per heavy atom. The fourth-order valence-electron chi connectivity index (χ4n) is 1.83. The van der Waals surface area contributed by atoms with Crippen molar-refractivity contribution in [3.8, 4) is 16.2 Å². The summed E-state index contributed by atoms with van der Waals surface area (Å²) in [5.41, 5.74) is 2.61. The normalized spacial score (nSPS) is 10.4. The highest BCUT2D eigenvalue weighted by Crippen LogP contribution is 2.37. The van der Waals surface area contributed by atoms with Gasteiger partial charge in [0.05, 0.1) is 7.11 Å². The van der Waals surface area contributed by atoms with Crippen LogP contribution < -0.4 is 0 Å². The molecule has 0 aliphatic carbocycles. The Bertz CT molecular complexity index is 586. The smallest absolute Gasteiger partial charge is 0.342 e. The average Bonchev–Trinajstić information content (AvgIpc) is 2.88. The third kappa shape index (κ3) is 1.99. The van der Waals surface area contributed by atoms with Gasteiger partial charge in [-0.05, 0) is 42.5 Å². The van der Waals surface area contributed by atoms with Gasteiger partial charge < -0.3 is 9.84 Å². The van der Waals surface area contributed by atoms with E-state index in [1.165, 1.54) is 18.4 Å². The highest BCUT2D eigenvalue weighted by atomic mass is 32.1. The zero-order valence-corrected chi connectivity index (χ0v) is 11.3. The number of hydrogen-bond acceptors (Lipinski definition) is 4. The fourth-order valence-corrected chi connectivity index (χ4v) is 2.58. The van der Waals surface area contributed by atoms with E-state index in [2.05, 4.69) is 0 Å². The summed E-state index contributed by atoms with van der Waals surface area (Å²) < 4.78 is 4.76. The van der Waals surface area contributed by atoms with E-state index in [1.54, 1.807) is 6.92 Å². The van der Waals surface area contributed by atoms with Crippen LogP contribution in [-0.4, -0.2) is 18.2 Å². The van der Waals surface area contributed by atoms with Crippen LogP contribution in [0.2, 0.25) is 0 Å². The van der Waals surface area contributed by atoms with Crippen LogP contribution in [-0.2, 0) is 4.74 Å². The number of benzene rings is 1. The molecule has 0 saturated heterocycles. The molecule has 0 unspecified atom stereocenters. The molecule has 1 heterocycles. The van der Waals surface area contributed by atoms with Crippen molar-refractivity contribution in [1.29, 1.82) is 0 Å². The van der Waals surface area contributed by atoms with Crippen LogP contribution in [0.15, 0.2) is 23.6 Å². The van der Waals surface area contributed by atoms with Crippen LogP contribution in [0.25, 0.3) is 10.4 Å². The standard InChI is InChI=1S/C14H14O3S/c1-8-7-10(11-5-4-6-18-11)12(14(16)17-3)13(15)9(8)2/h4-7,15H,1-3H3. The first-order chi connectivity index (χ1) is 8.56. The Morgan fingerprint density at radius 1 is 1.39 bits per heavy atom. The number of aromatic hydroxyl groups is 1. The molecule has 0 aliphatic heterocycles. The number of methoxy groups -OCH3 is 1. The lowest BCUT2D eigenvalue weighted by molar-refractivity contribution is 0.0598. The fraction of sp³-hybridized carbons (Fsp3) is 0.214. The number of hydrogen-bond donors (Lipinski definition) is 1. The van der Waals surface area contributed by atoms with Crippen molar-refractivity contribution in [3.05, 3.63) is 40.3 Å². The van der Waals surface area contributed by atoms with Crippen molar-refractivity contribution >= 4 is 17.3 Å². The molecule has 18 heavy (non-hydrogen) atoms. The van der Waals surface area contributed by atoms with Crippen molar-refractivity contribution < 1.29 is 14.6 Å². The van der Waals surface area contributed by atoms with Gasteiger partial charge in [0.25, 0.3) is 0 Å². The van der Waals surface area contributed by atoms with Gasteiger partial charge in [-0.25, -0.2) is 4.79 Å². The number of esters is 1. The van der Waals surface area contributed by atoms with Gasteiger partial charge in [0.15, 0.2) is 0 Å². The zero-order valence-electron chi connectivity index (χ0n) is 10.5. The molecular formula is C14H14O3S. The Morgan fingerprint density at radius 2 is 2.11 bits per heavy atom. The summed E-state index contributed by atoms with van der Waals surface area (Å²) in [6.45, 7) is 3.70. The maximum absolute atomic E-state index is 11.8. The zero-order chi connectivity index (χ0) is 13.3. The molecule has 1 N–H and O–H groups in total. The summed E-state index contributed by atoms with van der Waals surface area (Å²) in [6, 6.07) is 5.74. The third-order valence-corrected chi connectivity index (χ3v) is 3.89. The van der Waals surface area contributed by atoms with Gasteiger partial charge in [0.1, 0.15) is 11.3 Å². The van der Waals surface area contributed by atoms with E-state index in [0.717, 1.165) is 16.0 Å². The number of phenols is 1. The van der Waals surface area contributed by atoms with Crippen LogP contribution in [0.3, 0.4) is 0 Å². The first-order valence-electron chi connectivity index (χ1n) is 5.51.